The molecule has 4 N–H and O–H groups in total. The van der Waals surface area contributed by atoms with Crippen LogP contribution in [-0.4, -0.2) is 41.7 Å². The van der Waals surface area contributed by atoms with E-state index in [1.54, 1.807) is 12.1 Å². The van der Waals surface area contributed by atoms with Crippen LogP contribution in [0.2, 0.25) is 0 Å². The largest absolute Gasteiger partial charge is 0.397 e. The van der Waals surface area contributed by atoms with Crippen LogP contribution in [0.25, 0.3) is 0 Å². The molecule has 1 aromatic rings. The van der Waals surface area contributed by atoms with Crippen LogP contribution in [0.3, 0.4) is 0 Å². The lowest BCUT2D eigenvalue weighted by molar-refractivity contribution is -0.118. The van der Waals surface area contributed by atoms with E-state index in [1.807, 2.05) is 19.1 Å². The van der Waals surface area contributed by atoms with Crippen LogP contribution in [0.15, 0.2) is 24.3 Å². The Morgan fingerprint density at radius 2 is 2.26 bits per heavy atom. The van der Waals surface area contributed by atoms with Gasteiger partial charge in [0.25, 0.3) is 0 Å². The first kappa shape index (κ1) is 13.8. The molecule has 0 aromatic heterocycles. The van der Waals surface area contributed by atoms with E-state index in [0.717, 1.165) is 19.5 Å². The van der Waals surface area contributed by atoms with Crippen molar-refractivity contribution in [3.63, 3.8) is 0 Å². The molecule has 1 aliphatic rings. The highest BCUT2D eigenvalue weighted by molar-refractivity contribution is 5.95. The van der Waals surface area contributed by atoms with E-state index < -0.39 is 0 Å². The number of para-hydroxylation sites is 2. The van der Waals surface area contributed by atoms with Gasteiger partial charge in [-0.3, -0.25) is 9.69 Å². The highest BCUT2D eigenvalue weighted by Crippen LogP contribution is 2.18. The molecule has 1 amide bonds. The first-order valence-electron chi connectivity index (χ1n) is 6.61. The van der Waals surface area contributed by atoms with Crippen LogP contribution in [-0.2, 0) is 4.79 Å². The zero-order valence-corrected chi connectivity index (χ0v) is 11.2. The molecule has 2 rings (SSSR count). The quantitative estimate of drug-likeness (QED) is 0.708. The van der Waals surface area contributed by atoms with Crippen molar-refractivity contribution < 1.29 is 9.90 Å². The monoisotopic (exact) mass is 263 g/mol. The molecule has 0 spiro atoms. The number of aliphatic hydroxyl groups excluding tert-OH is 1. The van der Waals surface area contributed by atoms with Crippen molar-refractivity contribution >= 4 is 17.3 Å². The maximum atomic E-state index is 12.0. The number of carbonyl (C=O) groups is 1. The number of nitrogens with one attached hydrogen (secondary N) is 1. The minimum Gasteiger partial charge on any atom is -0.397 e. The number of benzene rings is 1. The summed E-state index contributed by atoms with van der Waals surface area (Å²) < 4.78 is 0. The van der Waals surface area contributed by atoms with Gasteiger partial charge in [-0.1, -0.05) is 19.1 Å². The summed E-state index contributed by atoms with van der Waals surface area (Å²) in [6.07, 6.45) is 0.478. The maximum Gasteiger partial charge on any atom is 0.238 e. The van der Waals surface area contributed by atoms with Crippen molar-refractivity contribution in [2.75, 3.05) is 30.7 Å². The van der Waals surface area contributed by atoms with Gasteiger partial charge in [0.1, 0.15) is 0 Å². The number of amides is 1. The third kappa shape index (κ3) is 3.68. The number of rotatable bonds is 3. The van der Waals surface area contributed by atoms with Crippen LogP contribution in [0.4, 0.5) is 11.4 Å². The zero-order valence-electron chi connectivity index (χ0n) is 11.2. The Morgan fingerprint density at radius 1 is 1.53 bits per heavy atom. The van der Waals surface area contributed by atoms with Gasteiger partial charge in [-0.25, -0.2) is 0 Å². The van der Waals surface area contributed by atoms with E-state index in [1.165, 1.54) is 0 Å². The lowest BCUT2D eigenvalue weighted by atomic mass is 9.97. The summed E-state index contributed by atoms with van der Waals surface area (Å²) in [4.78, 5) is 14.0. The summed E-state index contributed by atoms with van der Waals surface area (Å²) in [7, 11) is 0. The van der Waals surface area contributed by atoms with Crippen molar-refractivity contribution in [2.24, 2.45) is 5.92 Å². The molecular weight excluding hydrogens is 242 g/mol. The molecule has 1 aromatic carbocycles. The van der Waals surface area contributed by atoms with Crippen LogP contribution in [0.1, 0.15) is 13.3 Å². The average Bonchev–Trinajstić information content (AvgIpc) is 2.37. The summed E-state index contributed by atoms with van der Waals surface area (Å²) in [6, 6.07) is 7.22. The first-order chi connectivity index (χ1) is 9.06. The van der Waals surface area contributed by atoms with E-state index in [-0.39, 0.29) is 17.9 Å². The number of hydrogen-bond donors (Lipinski definition) is 3. The fourth-order valence-electron chi connectivity index (χ4n) is 2.37. The number of hydrogen-bond acceptors (Lipinski definition) is 4. The van der Waals surface area contributed by atoms with E-state index in [0.29, 0.717) is 17.9 Å². The van der Waals surface area contributed by atoms with Crippen molar-refractivity contribution in [1.29, 1.82) is 0 Å². The first-order valence-corrected chi connectivity index (χ1v) is 6.61. The number of carbonyl (C=O) groups excluding carboxylic acids is 1. The third-order valence-corrected chi connectivity index (χ3v) is 3.55. The Bertz CT molecular complexity index is 450. The predicted octanol–water partition coefficient (Wildman–Crippen LogP) is 0.910. The molecule has 1 fully saturated rings. The number of anilines is 2. The number of nitrogen functional groups attached to an aromatic ring is 1. The van der Waals surface area contributed by atoms with Gasteiger partial charge in [-0.15, -0.1) is 0 Å². The lowest BCUT2D eigenvalue weighted by Gasteiger charge is -2.33. The van der Waals surface area contributed by atoms with Crippen molar-refractivity contribution in [1.82, 2.24) is 4.90 Å². The molecule has 19 heavy (non-hydrogen) atoms. The van der Waals surface area contributed by atoms with Crippen molar-refractivity contribution in [2.45, 2.75) is 19.4 Å². The summed E-state index contributed by atoms with van der Waals surface area (Å²) in [5.41, 5.74) is 7.00. The second-order valence-electron chi connectivity index (χ2n) is 5.20. The van der Waals surface area contributed by atoms with Crippen LogP contribution in [0, 0.1) is 5.92 Å². The summed E-state index contributed by atoms with van der Waals surface area (Å²) in [5.74, 6) is 0.143. The fourth-order valence-corrected chi connectivity index (χ4v) is 2.37. The lowest BCUT2D eigenvalue weighted by Crippen LogP contribution is -2.45. The molecule has 5 nitrogen and oxygen atoms in total. The Morgan fingerprint density at radius 3 is 2.95 bits per heavy atom. The molecule has 5 heteroatoms. The average molecular weight is 263 g/mol. The van der Waals surface area contributed by atoms with Crippen LogP contribution in [0.5, 0.6) is 0 Å². The Kier molecular flexibility index (Phi) is 4.39. The molecule has 2 unspecified atom stereocenters. The van der Waals surface area contributed by atoms with E-state index in [9.17, 15) is 9.90 Å². The van der Waals surface area contributed by atoms with Gasteiger partial charge in [0.2, 0.25) is 5.91 Å². The topological polar surface area (TPSA) is 78.6 Å². The van der Waals surface area contributed by atoms with Gasteiger partial charge in [0, 0.05) is 13.1 Å². The Hall–Kier alpha value is -1.59. The van der Waals surface area contributed by atoms with Crippen molar-refractivity contribution in [3.05, 3.63) is 24.3 Å². The van der Waals surface area contributed by atoms with Gasteiger partial charge in [-0.05, 0) is 24.5 Å². The summed E-state index contributed by atoms with van der Waals surface area (Å²) >= 11 is 0. The number of likely N-dealkylation sites (tertiary alicyclic amines) is 1. The minimum atomic E-state index is -0.246. The number of nitrogens with zero attached hydrogens (tertiary/aromatic N) is 1. The molecule has 0 radical (unpaired) electrons. The van der Waals surface area contributed by atoms with E-state index in [4.69, 9.17) is 5.73 Å². The molecule has 2 atom stereocenters. The molecule has 1 saturated heterocycles. The number of aliphatic hydroxyl groups is 1. The molecule has 0 saturated carbocycles. The molecule has 0 aliphatic carbocycles. The van der Waals surface area contributed by atoms with Gasteiger partial charge < -0.3 is 16.2 Å². The zero-order chi connectivity index (χ0) is 13.8. The van der Waals surface area contributed by atoms with Crippen LogP contribution >= 0.6 is 0 Å². The van der Waals surface area contributed by atoms with Gasteiger partial charge in [0.15, 0.2) is 0 Å². The van der Waals surface area contributed by atoms with Gasteiger partial charge >= 0.3 is 0 Å². The highest BCUT2D eigenvalue weighted by atomic mass is 16.3. The number of piperidine rings is 1. The maximum absolute atomic E-state index is 12.0. The molecular formula is C14H21N3O2. The molecule has 0 bridgehead atoms. The normalized spacial score (nSPS) is 24.1. The second kappa shape index (κ2) is 6.04. The van der Waals surface area contributed by atoms with Gasteiger partial charge in [-0.2, -0.15) is 0 Å². The minimum absolute atomic E-state index is 0.0681. The van der Waals surface area contributed by atoms with E-state index in [2.05, 4.69) is 10.2 Å². The summed E-state index contributed by atoms with van der Waals surface area (Å²) in [6.45, 7) is 3.84. The smallest absolute Gasteiger partial charge is 0.238 e. The fraction of sp³-hybridized carbons (Fsp3) is 0.500. The second-order valence-corrected chi connectivity index (χ2v) is 5.20. The van der Waals surface area contributed by atoms with Gasteiger partial charge in [0.05, 0.1) is 24.0 Å². The Labute approximate surface area is 113 Å². The summed E-state index contributed by atoms with van der Waals surface area (Å²) in [5, 5.41) is 12.5. The predicted molar refractivity (Wildman–Crippen MR) is 75.7 cm³/mol. The number of nitrogens with two attached hydrogens (primary N) is 1. The molecule has 1 aliphatic heterocycles. The van der Waals surface area contributed by atoms with Crippen molar-refractivity contribution in [3.8, 4) is 0 Å². The molecule has 1 heterocycles. The SMILES string of the molecule is CC1CN(CC(=O)Nc2ccccc2N)CCC1O. The standard InChI is InChI=1S/C14H21N3O2/c1-10-8-17(7-6-13(10)18)9-14(19)16-12-5-3-2-4-11(12)15/h2-5,10,13,18H,6-9,15H2,1H3,(H,16,19). The molecule has 104 valence electrons. The Balaban J connectivity index is 1.87. The van der Waals surface area contributed by atoms with Crippen LogP contribution < -0.4 is 11.1 Å². The van der Waals surface area contributed by atoms with E-state index >= 15 is 0 Å². The highest BCUT2D eigenvalue weighted by Gasteiger charge is 2.25. The third-order valence-electron chi connectivity index (χ3n) is 3.55.